The number of unbranched alkanes of at least 4 members (excludes halogenated alkanes) is 33. The predicted molar refractivity (Wildman–Crippen MR) is 246 cm³/mol. The normalized spacial score (nSPS) is 12.8. The maximum atomic E-state index is 12.4. The molecule has 3 N–H and O–H groups in total. The standard InChI is InChI=1S/C51H97NO5/c1-3-5-7-9-11-13-15-17-19-20-21-23-25-29-33-37-41-45-51(56)57-46-42-38-34-30-26-28-32-36-40-44-50(55)52-48(47-53)49(54)43-39-35-31-27-24-22-18-16-14-12-10-8-6-4-2/h17,19,39,43,48-49,53-54H,3-16,18,20-38,40-42,44-47H2,1-2H3,(H,52,55)/b19-17-,43-39+. The van der Waals surface area contributed by atoms with E-state index in [1.54, 1.807) is 6.08 Å². The maximum absolute atomic E-state index is 12.4. The third-order valence-corrected chi connectivity index (χ3v) is 11.5. The number of amides is 1. The van der Waals surface area contributed by atoms with Gasteiger partial charge in [0, 0.05) is 12.8 Å². The highest BCUT2D eigenvalue weighted by atomic mass is 16.5. The number of aliphatic hydroxyl groups is 2. The van der Waals surface area contributed by atoms with Crippen LogP contribution in [0.5, 0.6) is 0 Å². The molecule has 0 rings (SSSR count). The first kappa shape index (κ1) is 55.3. The first-order valence-electron chi connectivity index (χ1n) is 25.1. The first-order valence-corrected chi connectivity index (χ1v) is 25.1. The van der Waals surface area contributed by atoms with E-state index >= 15 is 0 Å². The minimum absolute atomic E-state index is 0.0310. The average Bonchev–Trinajstić information content (AvgIpc) is 3.21. The van der Waals surface area contributed by atoms with Crippen LogP contribution in [0.4, 0.5) is 0 Å². The maximum Gasteiger partial charge on any atom is 0.305 e. The summed E-state index contributed by atoms with van der Waals surface area (Å²) in [5.74, 6) is -0.127. The van der Waals surface area contributed by atoms with Gasteiger partial charge in [-0.3, -0.25) is 9.59 Å². The van der Waals surface area contributed by atoms with E-state index < -0.39 is 12.1 Å². The molecule has 0 fully saturated rings. The lowest BCUT2D eigenvalue weighted by atomic mass is 10.0. The van der Waals surface area contributed by atoms with E-state index in [9.17, 15) is 19.8 Å². The highest BCUT2D eigenvalue weighted by Crippen LogP contribution is 2.15. The molecule has 57 heavy (non-hydrogen) atoms. The van der Waals surface area contributed by atoms with E-state index in [1.165, 1.54) is 180 Å². The van der Waals surface area contributed by atoms with Crippen molar-refractivity contribution in [2.45, 2.75) is 276 Å². The molecule has 2 unspecified atom stereocenters. The number of aliphatic hydroxyl groups excluding tert-OH is 2. The molecule has 0 aromatic heterocycles. The summed E-state index contributed by atoms with van der Waals surface area (Å²) in [4.78, 5) is 24.5. The number of ether oxygens (including phenoxy) is 1. The third kappa shape index (κ3) is 43.7. The number of hydrogen-bond donors (Lipinski definition) is 3. The number of carbonyl (C=O) groups is 2. The van der Waals surface area contributed by atoms with Crippen LogP contribution in [0.15, 0.2) is 24.3 Å². The van der Waals surface area contributed by atoms with Crippen LogP contribution in [-0.4, -0.2) is 47.4 Å². The number of esters is 1. The Morgan fingerprint density at radius 2 is 0.825 bits per heavy atom. The largest absolute Gasteiger partial charge is 0.466 e. The van der Waals surface area contributed by atoms with Gasteiger partial charge in [0.15, 0.2) is 0 Å². The molecule has 0 spiro atoms. The Morgan fingerprint density at radius 1 is 0.474 bits per heavy atom. The minimum Gasteiger partial charge on any atom is -0.466 e. The summed E-state index contributed by atoms with van der Waals surface area (Å²) in [5, 5.41) is 23.0. The van der Waals surface area contributed by atoms with E-state index in [1.807, 2.05) is 6.08 Å². The Balaban J connectivity index is 3.52. The van der Waals surface area contributed by atoms with E-state index in [0.717, 1.165) is 57.8 Å². The molecule has 0 radical (unpaired) electrons. The van der Waals surface area contributed by atoms with Gasteiger partial charge in [0.2, 0.25) is 5.91 Å². The quantitative estimate of drug-likeness (QED) is 0.0324. The summed E-state index contributed by atoms with van der Waals surface area (Å²) in [6.45, 7) is 4.83. The zero-order chi connectivity index (χ0) is 41.5. The van der Waals surface area contributed by atoms with Crippen LogP contribution in [0.2, 0.25) is 0 Å². The molecule has 2 atom stereocenters. The van der Waals surface area contributed by atoms with Crippen LogP contribution >= 0.6 is 0 Å². The molecule has 0 saturated heterocycles. The molecular weight excluding hydrogens is 707 g/mol. The zero-order valence-electron chi connectivity index (χ0n) is 38.1. The van der Waals surface area contributed by atoms with Gasteiger partial charge in [-0.2, -0.15) is 0 Å². The topological polar surface area (TPSA) is 95.9 Å². The van der Waals surface area contributed by atoms with Gasteiger partial charge in [-0.15, -0.1) is 0 Å². The summed E-state index contributed by atoms with van der Waals surface area (Å²) >= 11 is 0. The Labute approximate surface area is 354 Å². The van der Waals surface area contributed by atoms with Crippen molar-refractivity contribution in [3.63, 3.8) is 0 Å². The summed E-state index contributed by atoms with van der Waals surface area (Å²) in [5.41, 5.74) is 0. The minimum atomic E-state index is -0.861. The van der Waals surface area contributed by atoms with E-state index in [4.69, 9.17) is 4.74 Å². The van der Waals surface area contributed by atoms with Crippen molar-refractivity contribution in [3.8, 4) is 0 Å². The lowest BCUT2D eigenvalue weighted by Gasteiger charge is -2.20. The summed E-state index contributed by atoms with van der Waals surface area (Å²) in [6, 6.07) is -0.647. The fraction of sp³-hybridized carbons (Fsp3) is 0.882. The van der Waals surface area contributed by atoms with Gasteiger partial charge < -0.3 is 20.3 Å². The summed E-state index contributed by atoms with van der Waals surface area (Å²) in [7, 11) is 0. The molecule has 0 saturated carbocycles. The molecule has 0 aliphatic heterocycles. The molecule has 0 aliphatic rings. The van der Waals surface area contributed by atoms with Gasteiger partial charge in [-0.25, -0.2) is 0 Å². The number of carbonyl (C=O) groups excluding carboxylic acids is 2. The van der Waals surface area contributed by atoms with Crippen molar-refractivity contribution in [2.24, 2.45) is 0 Å². The fourth-order valence-corrected chi connectivity index (χ4v) is 7.57. The molecule has 336 valence electrons. The predicted octanol–water partition coefficient (Wildman–Crippen LogP) is 14.7. The molecule has 0 aliphatic carbocycles. The van der Waals surface area contributed by atoms with E-state index in [2.05, 4.69) is 31.3 Å². The van der Waals surface area contributed by atoms with Crippen molar-refractivity contribution in [3.05, 3.63) is 24.3 Å². The number of hydrogen-bond acceptors (Lipinski definition) is 5. The summed E-state index contributed by atoms with van der Waals surface area (Å²) in [6.07, 6.45) is 54.5. The van der Waals surface area contributed by atoms with Crippen LogP contribution in [0.25, 0.3) is 0 Å². The van der Waals surface area contributed by atoms with Gasteiger partial charge in [0.25, 0.3) is 0 Å². The van der Waals surface area contributed by atoms with Crippen molar-refractivity contribution >= 4 is 11.9 Å². The molecule has 0 aromatic carbocycles. The van der Waals surface area contributed by atoms with Gasteiger partial charge in [-0.1, -0.05) is 218 Å². The average molecular weight is 804 g/mol. The highest BCUT2D eigenvalue weighted by molar-refractivity contribution is 5.76. The van der Waals surface area contributed by atoms with Crippen LogP contribution in [0.3, 0.4) is 0 Å². The van der Waals surface area contributed by atoms with Gasteiger partial charge in [0.05, 0.1) is 25.4 Å². The molecule has 0 bridgehead atoms. The summed E-state index contributed by atoms with van der Waals surface area (Å²) < 4.78 is 5.45. The molecule has 1 amide bonds. The first-order chi connectivity index (χ1) is 28.0. The highest BCUT2D eigenvalue weighted by Gasteiger charge is 2.18. The van der Waals surface area contributed by atoms with Crippen molar-refractivity contribution in [2.75, 3.05) is 13.2 Å². The van der Waals surface area contributed by atoms with Crippen LogP contribution in [-0.2, 0) is 14.3 Å². The van der Waals surface area contributed by atoms with E-state index in [-0.39, 0.29) is 18.5 Å². The second-order valence-corrected chi connectivity index (χ2v) is 17.1. The molecule has 6 heteroatoms. The van der Waals surface area contributed by atoms with Crippen LogP contribution < -0.4 is 5.32 Å². The molecule has 0 heterocycles. The van der Waals surface area contributed by atoms with Crippen LogP contribution in [0.1, 0.15) is 264 Å². The van der Waals surface area contributed by atoms with Crippen molar-refractivity contribution in [1.29, 1.82) is 0 Å². The Hall–Kier alpha value is -1.66. The van der Waals surface area contributed by atoms with Gasteiger partial charge >= 0.3 is 5.97 Å². The Bertz CT molecular complexity index is 889. The lowest BCUT2D eigenvalue weighted by Crippen LogP contribution is -2.45. The van der Waals surface area contributed by atoms with Gasteiger partial charge in [-0.05, 0) is 57.8 Å². The monoisotopic (exact) mass is 804 g/mol. The number of allylic oxidation sites excluding steroid dienone is 3. The molecular formula is C51H97NO5. The van der Waals surface area contributed by atoms with Gasteiger partial charge in [0.1, 0.15) is 0 Å². The van der Waals surface area contributed by atoms with Crippen LogP contribution in [0, 0.1) is 0 Å². The fourth-order valence-electron chi connectivity index (χ4n) is 7.57. The molecule has 6 nitrogen and oxygen atoms in total. The zero-order valence-corrected chi connectivity index (χ0v) is 38.1. The lowest BCUT2D eigenvalue weighted by molar-refractivity contribution is -0.143. The Kier molecular flexibility index (Phi) is 45.7. The third-order valence-electron chi connectivity index (χ3n) is 11.5. The van der Waals surface area contributed by atoms with Crippen molar-refractivity contribution in [1.82, 2.24) is 5.32 Å². The number of nitrogens with one attached hydrogen (secondary N) is 1. The van der Waals surface area contributed by atoms with Crippen molar-refractivity contribution < 1.29 is 24.5 Å². The second-order valence-electron chi connectivity index (χ2n) is 17.1. The smallest absolute Gasteiger partial charge is 0.305 e. The SMILES string of the molecule is CCCCCCCC/C=C\CCCCCCCCCC(=O)OCCCCCCCCCCCC(=O)NC(CO)C(O)/C=C/CCCCCCCCCCCCCC. The molecule has 0 aromatic rings. The number of rotatable bonds is 46. The van der Waals surface area contributed by atoms with E-state index in [0.29, 0.717) is 19.4 Å². The Morgan fingerprint density at radius 3 is 1.25 bits per heavy atom. The second kappa shape index (κ2) is 47.0.